The second-order valence-electron chi connectivity index (χ2n) is 6.00. The van der Waals surface area contributed by atoms with Gasteiger partial charge in [0.15, 0.2) is 11.5 Å². The first-order valence-electron chi connectivity index (χ1n) is 8.87. The number of anilines is 1. The lowest BCUT2D eigenvalue weighted by Gasteiger charge is -2.15. The number of nitrogens with one attached hydrogen (secondary N) is 1. The van der Waals surface area contributed by atoms with Gasteiger partial charge in [0.2, 0.25) is 5.75 Å². The summed E-state index contributed by atoms with van der Waals surface area (Å²) in [5.41, 5.74) is 0.189. The monoisotopic (exact) mass is 451 g/mol. The molecule has 1 aromatic heterocycles. The summed E-state index contributed by atoms with van der Waals surface area (Å²) in [6.07, 6.45) is 0. The predicted octanol–water partition coefficient (Wildman–Crippen LogP) is 3.90. The highest BCUT2D eigenvalue weighted by atomic mass is 32.2. The number of ether oxygens (including phenoxy) is 4. The molecule has 0 bridgehead atoms. The third-order valence-electron chi connectivity index (χ3n) is 4.20. The van der Waals surface area contributed by atoms with Crippen LogP contribution in [0.3, 0.4) is 0 Å². The Balaban J connectivity index is 2.14. The molecule has 1 heterocycles. The van der Waals surface area contributed by atoms with Gasteiger partial charge in [-0.2, -0.15) is 0 Å². The number of hydrogen-bond acceptors (Lipinski definition) is 8. The average molecular weight is 452 g/mol. The fourth-order valence-electron chi connectivity index (χ4n) is 2.97. The molecule has 30 heavy (non-hydrogen) atoms. The number of methoxy groups -OCH3 is 3. The van der Waals surface area contributed by atoms with E-state index < -0.39 is 16.0 Å². The summed E-state index contributed by atoms with van der Waals surface area (Å²) in [5.74, 6) is 0.214. The summed E-state index contributed by atoms with van der Waals surface area (Å²) < 4.78 is 50.7. The predicted molar refractivity (Wildman–Crippen MR) is 115 cm³/mol. The minimum absolute atomic E-state index is 0.0120. The number of sulfonamides is 1. The summed E-state index contributed by atoms with van der Waals surface area (Å²) in [6.45, 7) is 1.79. The molecule has 0 spiro atoms. The summed E-state index contributed by atoms with van der Waals surface area (Å²) >= 11 is 1.07. The Morgan fingerprint density at radius 2 is 1.67 bits per heavy atom. The lowest BCUT2D eigenvalue weighted by Crippen LogP contribution is -2.16. The number of carbonyl (C=O) groups is 1. The molecule has 0 saturated carbocycles. The lowest BCUT2D eigenvalue weighted by atomic mass is 10.2. The number of benzene rings is 2. The van der Waals surface area contributed by atoms with Crippen LogP contribution in [-0.2, 0) is 14.8 Å². The average Bonchev–Trinajstić information content (AvgIpc) is 3.13. The van der Waals surface area contributed by atoms with Crippen LogP contribution < -0.4 is 18.9 Å². The van der Waals surface area contributed by atoms with E-state index in [9.17, 15) is 13.2 Å². The molecule has 0 radical (unpaired) electrons. The molecule has 3 aromatic rings. The van der Waals surface area contributed by atoms with Crippen LogP contribution >= 0.6 is 11.3 Å². The molecule has 1 N–H and O–H groups in total. The van der Waals surface area contributed by atoms with Crippen molar-refractivity contribution in [3.63, 3.8) is 0 Å². The summed E-state index contributed by atoms with van der Waals surface area (Å²) in [4.78, 5) is 12.3. The van der Waals surface area contributed by atoms with Gasteiger partial charge >= 0.3 is 5.97 Å². The number of carbonyl (C=O) groups excluding carboxylic acids is 1. The van der Waals surface area contributed by atoms with E-state index in [4.69, 9.17) is 18.9 Å². The SMILES string of the molecule is CCOC(=O)c1sc2ccccc2c1S(=O)(=O)Nc1cc(OC)c(OC)c(OC)c1. The Morgan fingerprint density at radius 1 is 1.03 bits per heavy atom. The zero-order chi connectivity index (χ0) is 21.9. The van der Waals surface area contributed by atoms with E-state index in [-0.39, 0.29) is 33.6 Å². The van der Waals surface area contributed by atoms with E-state index in [2.05, 4.69) is 4.72 Å². The van der Waals surface area contributed by atoms with E-state index in [1.807, 2.05) is 0 Å². The molecule has 10 heteroatoms. The second kappa shape index (κ2) is 8.80. The van der Waals surface area contributed by atoms with Crippen LogP contribution in [0.1, 0.15) is 16.6 Å². The Bertz CT molecular complexity index is 1160. The minimum Gasteiger partial charge on any atom is -0.493 e. The molecule has 8 nitrogen and oxygen atoms in total. The van der Waals surface area contributed by atoms with Crippen LogP contribution in [0.5, 0.6) is 17.2 Å². The molecule has 160 valence electrons. The Morgan fingerprint density at radius 3 is 2.23 bits per heavy atom. The third-order valence-corrected chi connectivity index (χ3v) is 6.94. The van der Waals surface area contributed by atoms with Gasteiger partial charge in [-0.3, -0.25) is 4.72 Å². The molecule has 3 rings (SSSR count). The first-order chi connectivity index (χ1) is 14.4. The van der Waals surface area contributed by atoms with Crippen molar-refractivity contribution in [1.29, 1.82) is 0 Å². The van der Waals surface area contributed by atoms with Crippen molar-refractivity contribution >= 4 is 43.1 Å². The van der Waals surface area contributed by atoms with Crippen LogP contribution in [0.15, 0.2) is 41.3 Å². The third kappa shape index (κ3) is 4.01. The van der Waals surface area contributed by atoms with E-state index in [0.717, 1.165) is 11.3 Å². The van der Waals surface area contributed by atoms with Crippen molar-refractivity contribution in [2.75, 3.05) is 32.7 Å². The second-order valence-corrected chi connectivity index (χ2v) is 8.67. The Labute approximate surface area is 178 Å². The summed E-state index contributed by atoms with van der Waals surface area (Å²) in [7, 11) is 0.162. The maximum absolute atomic E-state index is 13.3. The number of rotatable bonds is 8. The van der Waals surface area contributed by atoms with Gasteiger partial charge in [-0.25, -0.2) is 13.2 Å². The van der Waals surface area contributed by atoms with Crippen molar-refractivity contribution < 1.29 is 32.2 Å². The molecule has 0 atom stereocenters. The van der Waals surface area contributed by atoms with Gasteiger partial charge in [-0.15, -0.1) is 11.3 Å². The van der Waals surface area contributed by atoms with E-state index in [1.54, 1.807) is 31.2 Å². The fourth-order valence-corrected chi connectivity index (χ4v) is 5.80. The molecule has 2 aromatic carbocycles. The standard InChI is InChI=1S/C20H21NO7S2/c1-5-28-20(22)18-19(13-8-6-7-9-16(13)29-18)30(23,24)21-12-10-14(25-2)17(27-4)15(11-12)26-3/h6-11,21H,5H2,1-4H3. The first-order valence-corrected chi connectivity index (χ1v) is 11.2. The molecule has 0 aliphatic heterocycles. The smallest absolute Gasteiger partial charge is 0.349 e. The zero-order valence-corrected chi connectivity index (χ0v) is 18.5. The summed E-state index contributed by atoms with van der Waals surface area (Å²) in [6, 6.07) is 9.83. The maximum Gasteiger partial charge on any atom is 0.349 e. The fraction of sp³-hybridized carbons (Fsp3) is 0.250. The molecule has 0 amide bonds. The van der Waals surface area contributed by atoms with Crippen molar-refractivity contribution in [3.05, 3.63) is 41.3 Å². The first kappa shape index (κ1) is 21.7. The van der Waals surface area contributed by atoms with Crippen LogP contribution in [-0.4, -0.2) is 42.3 Å². The highest BCUT2D eigenvalue weighted by Crippen LogP contribution is 2.41. The van der Waals surface area contributed by atoms with Gasteiger partial charge in [0.25, 0.3) is 10.0 Å². The highest BCUT2D eigenvalue weighted by Gasteiger charge is 2.30. The van der Waals surface area contributed by atoms with Crippen LogP contribution in [0, 0.1) is 0 Å². The van der Waals surface area contributed by atoms with E-state index in [0.29, 0.717) is 15.8 Å². The summed E-state index contributed by atoms with van der Waals surface area (Å²) in [5, 5.41) is 0.436. The van der Waals surface area contributed by atoms with Gasteiger partial charge in [-0.05, 0) is 13.0 Å². The van der Waals surface area contributed by atoms with Gasteiger partial charge in [0, 0.05) is 22.2 Å². The largest absolute Gasteiger partial charge is 0.493 e. The van der Waals surface area contributed by atoms with Crippen molar-refractivity contribution in [2.45, 2.75) is 11.8 Å². The van der Waals surface area contributed by atoms with Gasteiger partial charge < -0.3 is 18.9 Å². The normalized spacial score (nSPS) is 11.2. The molecular formula is C20H21NO7S2. The van der Waals surface area contributed by atoms with Crippen LogP contribution in [0.4, 0.5) is 5.69 Å². The highest BCUT2D eigenvalue weighted by molar-refractivity contribution is 7.93. The van der Waals surface area contributed by atoms with E-state index >= 15 is 0 Å². The number of fused-ring (bicyclic) bond motifs is 1. The molecule has 0 unspecified atom stereocenters. The van der Waals surface area contributed by atoms with Crippen LogP contribution in [0.2, 0.25) is 0 Å². The lowest BCUT2D eigenvalue weighted by molar-refractivity contribution is 0.0528. The molecule has 0 aliphatic rings. The van der Waals surface area contributed by atoms with Gasteiger partial charge in [-0.1, -0.05) is 18.2 Å². The van der Waals surface area contributed by atoms with Crippen molar-refractivity contribution in [3.8, 4) is 17.2 Å². The Hall–Kier alpha value is -2.98. The topological polar surface area (TPSA) is 100 Å². The number of thiophene rings is 1. The van der Waals surface area contributed by atoms with Crippen LogP contribution in [0.25, 0.3) is 10.1 Å². The van der Waals surface area contributed by atoms with Gasteiger partial charge in [0.05, 0.1) is 33.6 Å². The quantitative estimate of drug-likeness (QED) is 0.518. The number of esters is 1. The minimum atomic E-state index is -4.15. The Kier molecular flexibility index (Phi) is 6.37. The van der Waals surface area contributed by atoms with Crippen molar-refractivity contribution in [2.24, 2.45) is 0 Å². The maximum atomic E-state index is 13.3. The van der Waals surface area contributed by atoms with E-state index in [1.165, 1.54) is 33.5 Å². The van der Waals surface area contributed by atoms with Crippen molar-refractivity contribution in [1.82, 2.24) is 0 Å². The van der Waals surface area contributed by atoms with Gasteiger partial charge in [0.1, 0.15) is 9.77 Å². The zero-order valence-electron chi connectivity index (χ0n) is 16.8. The number of hydrogen-bond donors (Lipinski definition) is 1. The molecule has 0 fully saturated rings. The molecular weight excluding hydrogens is 430 g/mol. The molecule has 0 saturated heterocycles. The molecule has 0 aliphatic carbocycles.